The molecule has 414 valence electrons. The van der Waals surface area contributed by atoms with Gasteiger partial charge in [-0.1, -0.05) is 301 Å². The Morgan fingerprint density at radius 1 is 0.386 bits per heavy atom. The van der Waals surface area contributed by atoms with Crippen LogP contribution in [-0.4, -0.2) is 47.4 Å². The van der Waals surface area contributed by atoms with Gasteiger partial charge in [0.15, 0.2) is 0 Å². The molecule has 0 aliphatic carbocycles. The number of nitrogens with one attached hydrogen (secondary N) is 1. The minimum Gasteiger partial charge on any atom is -0.466 e. The summed E-state index contributed by atoms with van der Waals surface area (Å²) in [5.74, 6) is -0.0697. The van der Waals surface area contributed by atoms with Gasteiger partial charge >= 0.3 is 5.97 Å². The summed E-state index contributed by atoms with van der Waals surface area (Å²) in [5, 5.41) is 23.2. The van der Waals surface area contributed by atoms with Crippen LogP contribution in [0.25, 0.3) is 0 Å². The Hall–Kier alpha value is -1.66. The van der Waals surface area contributed by atoms with Gasteiger partial charge in [-0.3, -0.25) is 9.59 Å². The van der Waals surface area contributed by atoms with Crippen molar-refractivity contribution in [3.63, 3.8) is 0 Å². The molecule has 0 fully saturated rings. The van der Waals surface area contributed by atoms with Crippen molar-refractivity contribution in [2.75, 3.05) is 13.2 Å². The molecule has 0 rings (SSSR count). The van der Waals surface area contributed by atoms with Gasteiger partial charge in [-0.15, -0.1) is 0 Å². The predicted molar refractivity (Wildman–Crippen MR) is 306 cm³/mol. The summed E-state index contributed by atoms with van der Waals surface area (Å²) in [6.45, 7) is 4.91. The highest BCUT2D eigenvalue weighted by Gasteiger charge is 2.18. The first-order valence-electron chi connectivity index (χ1n) is 31.6. The molecule has 0 radical (unpaired) electrons. The number of allylic oxidation sites excluding steroid dienone is 3. The lowest BCUT2D eigenvalue weighted by Gasteiger charge is -2.20. The summed E-state index contributed by atoms with van der Waals surface area (Å²) in [6.07, 6.45) is 73.5. The number of carbonyl (C=O) groups is 2. The molecule has 0 saturated carbocycles. The van der Waals surface area contributed by atoms with Crippen molar-refractivity contribution in [1.29, 1.82) is 0 Å². The molecule has 2 unspecified atom stereocenters. The zero-order chi connectivity index (χ0) is 50.7. The average molecular weight is 987 g/mol. The fraction of sp³-hybridized carbons (Fsp3) is 0.906. The van der Waals surface area contributed by atoms with Crippen molar-refractivity contribution in [3.05, 3.63) is 24.3 Å². The Morgan fingerprint density at radius 3 is 1.01 bits per heavy atom. The molecular formula is C64H123NO5. The SMILES string of the molecule is CCCCCCCC/C=C\CCCCCCCCCCCC(=O)OCCCCCCCCCCCCCCCCCCC(=O)NC(CO)C(O)/C=C/CCCCCCCCCCCCCCCCCC. The summed E-state index contributed by atoms with van der Waals surface area (Å²) in [6, 6.07) is -0.633. The van der Waals surface area contributed by atoms with Crippen LogP contribution in [0.3, 0.4) is 0 Å². The first-order valence-corrected chi connectivity index (χ1v) is 31.6. The molecule has 2 atom stereocenters. The minimum atomic E-state index is -0.849. The van der Waals surface area contributed by atoms with E-state index >= 15 is 0 Å². The van der Waals surface area contributed by atoms with E-state index in [-0.39, 0.29) is 18.5 Å². The van der Waals surface area contributed by atoms with E-state index in [9.17, 15) is 19.8 Å². The number of carbonyl (C=O) groups excluding carboxylic acids is 2. The number of rotatable bonds is 59. The summed E-state index contributed by atoms with van der Waals surface area (Å²) < 4.78 is 5.50. The molecule has 6 heteroatoms. The van der Waals surface area contributed by atoms with Crippen LogP contribution >= 0.6 is 0 Å². The zero-order valence-corrected chi connectivity index (χ0v) is 47.3. The largest absolute Gasteiger partial charge is 0.466 e. The molecule has 0 aromatic rings. The first-order chi connectivity index (χ1) is 34.5. The maximum absolute atomic E-state index is 12.5. The van der Waals surface area contributed by atoms with Gasteiger partial charge in [0.25, 0.3) is 0 Å². The molecule has 0 heterocycles. The molecule has 1 amide bonds. The van der Waals surface area contributed by atoms with E-state index in [0.717, 1.165) is 44.9 Å². The Balaban J connectivity index is 3.43. The first kappa shape index (κ1) is 68.3. The van der Waals surface area contributed by atoms with Gasteiger partial charge in [-0.05, 0) is 57.8 Å². The van der Waals surface area contributed by atoms with Crippen molar-refractivity contribution < 1.29 is 24.5 Å². The highest BCUT2D eigenvalue weighted by Crippen LogP contribution is 2.18. The van der Waals surface area contributed by atoms with Crippen LogP contribution < -0.4 is 5.32 Å². The summed E-state index contributed by atoms with van der Waals surface area (Å²) in [5.41, 5.74) is 0. The van der Waals surface area contributed by atoms with Crippen LogP contribution in [0.4, 0.5) is 0 Å². The summed E-state index contributed by atoms with van der Waals surface area (Å²) in [4.78, 5) is 24.6. The summed E-state index contributed by atoms with van der Waals surface area (Å²) >= 11 is 0. The number of amides is 1. The zero-order valence-electron chi connectivity index (χ0n) is 47.3. The van der Waals surface area contributed by atoms with Crippen molar-refractivity contribution in [1.82, 2.24) is 5.32 Å². The molecule has 0 aliphatic rings. The highest BCUT2D eigenvalue weighted by molar-refractivity contribution is 5.76. The third-order valence-corrected chi connectivity index (χ3v) is 14.7. The lowest BCUT2D eigenvalue weighted by atomic mass is 10.0. The normalized spacial score (nSPS) is 12.7. The van der Waals surface area contributed by atoms with Crippen molar-refractivity contribution in [3.8, 4) is 0 Å². The maximum Gasteiger partial charge on any atom is 0.305 e. The number of hydrogen-bond acceptors (Lipinski definition) is 5. The van der Waals surface area contributed by atoms with E-state index in [1.54, 1.807) is 6.08 Å². The quantitative estimate of drug-likeness (QED) is 0.0321. The number of esters is 1. The molecule has 0 aliphatic heterocycles. The van der Waals surface area contributed by atoms with Gasteiger partial charge in [-0.2, -0.15) is 0 Å². The predicted octanol–water partition coefficient (Wildman–Crippen LogP) is 19.8. The summed E-state index contributed by atoms with van der Waals surface area (Å²) in [7, 11) is 0. The van der Waals surface area contributed by atoms with Gasteiger partial charge in [0.2, 0.25) is 5.91 Å². The van der Waals surface area contributed by atoms with Crippen LogP contribution in [0.1, 0.15) is 348 Å². The van der Waals surface area contributed by atoms with Gasteiger partial charge in [0, 0.05) is 12.8 Å². The van der Waals surface area contributed by atoms with E-state index in [1.165, 1.54) is 276 Å². The fourth-order valence-electron chi connectivity index (χ4n) is 9.87. The molecule has 0 aromatic heterocycles. The number of unbranched alkanes of at least 4 members (excludes halogenated alkanes) is 46. The van der Waals surface area contributed by atoms with Crippen molar-refractivity contribution >= 4 is 11.9 Å². The monoisotopic (exact) mass is 986 g/mol. The lowest BCUT2D eigenvalue weighted by molar-refractivity contribution is -0.143. The lowest BCUT2D eigenvalue weighted by Crippen LogP contribution is -2.45. The average Bonchev–Trinajstić information content (AvgIpc) is 3.36. The van der Waals surface area contributed by atoms with Gasteiger partial charge in [0.1, 0.15) is 0 Å². The van der Waals surface area contributed by atoms with Crippen LogP contribution in [0.2, 0.25) is 0 Å². The van der Waals surface area contributed by atoms with Crippen LogP contribution in [-0.2, 0) is 14.3 Å². The van der Waals surface area contributed by atoms with Crippen LogP contribution in [0.5, 0.6) is 0 Å². The van der Waals surface area contributed by atoms with Gasteiger partial charge < -0.3 is 20.3 Å². The van der Waals surface area contributed by atoms with E-state index in [4.69, 9.17) is 4.74 Å². The van der Waals surface area contributed by atoms with Gasteiger partial charge in [-0.25, -0.2) is 0 Å². The van der Waals surface area contributed by atoms with Gasteiger partial charge in [0.05, 0.1) is 25.4 Å². The highest BCUT2D eigenvalue weighted by atomic mass is 16.5. The van der Waals surface area contributed by atoms with E-state index < -0.39 is 12.1 Å². The standard InChI is InChI=1S/C64H123NO5/c1-3-5-7-9-11-13-15-17-19-21-23-25-30-34-38-42-46-50-54-58-64(69)70-59-55-51-47-43-39-35-31-27-26-29-33-37-41-45-49-53-57-63(68)65-61(60-66)62(67)56-52-48-44-40-36-32-28-24-22-20-18-16-14-12-10-8-6-4-2/h17,19,52,56,61-62,66-67H,3-16,18,20-51,53-55,57-60H2,1-2H3,(H,65,68)/b19-17-,56-52+. The van der Waals surface area contributed by atoms with Crippen molar-refractivity contribution in [2.24, 2.45) is 0 Å². The molecule has 3 N–H and O–H groups in total. The fourth-order valence-corrected chi connectivity index (χ4v) is 9.87. The van der Waals surface area contributed by atoms with Crippen LogP contribution in [0, 0.1) is 0 Å². The number of aliphatic hydroxyl groups excluding tert-OH is 2. The Kier molecular flexibility index (Phi) is 58.5. The molecule has 0 aromatic carbocycles. The maximum atomic E-state index is 12.5. The minimum absolute atomic E-state index is 0.00238. The molecule has 0 spiro atoms. The molecule has 0 saturated heterocycles. The number of hydrogen-bond donors (Lipinski definition) is 3. The van der Waals surface area contributed by atoms with E-state index in [0.29, 0.717) is 19.4 Å². The van der Waals surface area contributed by atoms with E-state index in [2.05, 4.69) is 31.3 Å². The smallest absolute Gasteiger partial charge is 0.305 e. The molecular weight excluding hydrogens is 863 g/mol. The van der Waals surface area contributed by atoms with Crippen LogP contribution in [0.15, 0.2) is 24.3 Å². The Morgan fingerprint density at radius 2 is 0.671 bits per heavy atom. The van der Waals surface area contributed by atoms with E-state index in [1.807, 2.05) is 6.08 Å². The Labute approximate surface area is 437 Å². The second kappa shape index (κ2) is 59.9. The molecule has 0 bridgehead atoms. The topological polar surface area (TPSA) is 95.9 Å². The molecule has 70 heavy (non-hydrogen) atoms. The third-order valence-electron chi connectivity index (χ3n) is 14.7. The Bertz CT molecular complexity index is 1090. The number of ether oxygens (including phenoxy) is 1. The second-order valence-corrected chi connectivity index (χ2v) is 21.7. The second-order valence-electron chi connectivity index (χ2n) is 21.7. The molecule has 6 nitrogen and oxygen atoms in total. The third kappa shape index (κ3) is 55.7. The number of aliphatic hydroxyl groups is 2. The van der Waals surface area contributed by atoms with Crippen molar-refractivity contribution in [2.45, 2.75) is 360 Å².